The van der Waals surface area contributed by atoms with E-state index in [9.17, 15) is 4.79 Å². The Hall–Kier alpha value is -2.59. The lowest BCUT2D eigenvalue weighted by atomic mass is 9.73. The lowest BCUT2D eigenvalue weighted by Crippen LogP contribution is -2.43. The maximum absolute atomic E-state index is 12.4. The number of carbonyl (C=O) groups excluding carboxylic acids is 1. The molecule has 1 aromatic heterocycles. The molecule has 0 bridgehead atoms. The van der Waals surface area contributed by atoms with E-state index in [1.807, 2.05) is 30.3 Å². The van der Waals surface area contributed by atoms with Crippen molar-refractivity contribution in [2.24, 2.45) is 0 Å². The van der Waals surface area contributed by atoms with Crippen molar-refractivity contribution in [2.75, 3.05) is 13.1 Å². The number of fused-ring (bicyclic) bond motifs is 2. The molecule has 1 fully saturated rings. The van der Waals surface area contributed by atoms with E-state index in [2.05, 4.69) is 48.5 Å². The molecule has 4 nitrogen and oxygen atoms in total. The van der Waals surface area contributed by atoms with Gasteiger partial charge < -0.3 is 15.6 Å². The Balaban J connectivity index is 1.46. The topological polar surface area (TPSA) is 56.9 Å². The van der Waals surface area contributed by atoms with Crippen LogP contribution in [0.2, 0.25) is 0 Å². The fraction of sp³-hybridized carbons (Fsp3) is 0.444. The number of hydrogen-bond acceptors (Lipinski definition) is 2. The van der Waals surface area contributed by atoms with Crippen LogP contribution in [-0.2, 0) is 18.3 Å². The summed E-state index contributed by atoms with van der Waals surface area (Å²) in [6.07, 6.45) is 4.42. The molecule has 3 aromatic rings. The van der Waals surface area contributed by atoms with Gasteiger partial charge in [-0.15, -0.1) is 0 Å². The van der Waals surface area contributed by atoms with E-state index in [0.717, 1.165) is 19.4 Å². The number of aromatic amines is 1. The molecule has 31 heavy (non-hydrogen) atoms. The molecule has 2 aromatic carbocycles. The van der Waals surface area contributed by atoms with Crippen LogP contribution in [0.25, 0.3) is 10.9 Å². The van der Waals surface area contributed by atoms with Crippen LogP contribution in [-0.4, -0.2) is 30.0 Å². The second-order valence-corrected chi connectivity index (χ2v) is 10.2. The number of aromatic nitrogens is 1. The zero-order valence-corrected chi connectivity index (χ0v) is 18.8. The average molecular weight is 416 g/mol. The molecule has 2 aliphatic rings. The largest absolute Gasteiger partial charge is 0.358 e. The van der Waals surface area contributed by atoms with Gasteiger partial charge in [0.15, 0.2) is 0 Å². The Bertz CT molecular complexity index is 1110. The second kappa shape index (κ2) is 7.83. The summed E-state index contributed by atoms with van der Waals surface area (Å²) in [5.41, 5.74) is 7.76. The zero-order chi connectivity index (χ0) is 21.6. The highest BCUT2D eigenvalue weighted by molar-refractivity contribution is 5.94. The van der Waals surface area contributed by atoms with Crippen LogP contribution in [0.15, 0.2) is 42.5 Å². The van der Waals surface area contributed by atoms with Crippen LogP contribution in [0, 0.1) is 0 Å². The van der Waals surface area contributed by atoms with E-state index in [0.29, 0.717) is 24.1 Å². The van der Waals surface area contributed by atoms with Crippen LogP contribution in [0.3, 0.4) is 0 Å². The van der Waals surface area contributed by atoms with Gasteiger partial charge in [-0.2, -0.15) is 0 Å². The van der Waals surface area contributed by atoms with Crippen LogP contribution in [0.4, 0.5) is 0 Å². The van der Waals surface area contributed by atoms with Crippen molar-refractivity contribution in [3.8, 4) is 0 Å². The van der Waals surface area contributed by atoms with Crippen molar-refractivity contribution in [3.63, 3.8) is 0 Å². The van der Waals surface area contributed by atoms with E-state index >= 15 is 0 Å². The summed E-state index contributed by atoms with van der Waals surface area (Å²) >= 11 is 0. The third kappa shape index (κ3) is 3.78. The van der Waals surface area contributed by atoms with Crippen LogP contribution >= 0.6 is 0 Å². The molecule has 1 aliphatic heterocycles. The van der Waals surface area contributed by atoms with Crippen molar-refractivity contribution >= 4 is 16.8 Å². The third-order valence-electron chi connectivity index (χ3n) is 7.09. The Kier molecular flexibility index (Phi) is 5.13. The number of piperidine rings is 1. The number of H-pyrrole nitrogens is 1. The van der Waals surface area contributed by atoms with Crippen LogP contribution < -0.4 is 10.6 Å². The molecule has 2 atom stereocenters. The first-order valence-electron chi connectivity index (χ1n) is 11.7. The molecule has 1 aliphatic carbocycles. The summed E-state index contributed by atoms with van der Waals surface area (Å²) in [5, 5.41) is 8.33. The average Bonchev–Trinajstić information content (AvgIpc) is 3.11. The predicted octanol–water partition coefficient (Wildman–Crippen LogP) is 4.83. The van der Waals surface area contributed by atoms with Crippen molar-refractivity contribution < 1.29 is 4.79 Å². The maximum atomic E-state index is 12.4. The van der Waals surface area contributed by atoms with Gasteiger partial charge in [-0.1, -0.05) is 45.0 Å². The lowest BCUT2D eigenvalue weighted by molar-refractivity contribution is 0.0954. The lowest BCUT2D eigenvalue weighted by Gasteiger charge is -2.37. The monoisotopic (exact) mass is 415 g/mol. The Morgan fingerprint density at radius 3 is 2.74 bits per heavy atom. The molecule has 5 rings (SSSR count). The zero-order valence-electron chi connectivity index (χ0n) is 18.8. The molecular weight excluding hydrogens is 382 g/mol. The predicted molar refractivity (Wildman–Crippen MR) is 127 cm³/mol. The smallest absolute Gasteiger partial charge is 0.251 e. The van der Waals surface area contributed by atoms with Gasteiger partial charge in [-0.05, 0) is 66.1 Å². The minimum Gasteiger partial charge on any atom is -0.358 e. The maximum Gasteiger partial charge on any atom is 0.251 e. The highest BCUT2D eigenvalue weighted by Gasteiger charge is 2.35. The number of nitrogens with one attached hydrogen (secondary N) is 3. The first-order chi connectivity index (χ1) is 14.9. The van der Waals surface area contributed by atoms with E-state index < -0.39 is 0 Å². The molecule has 1 unspecified atom stereocenters. The highest BCUT2D eigenvalue weighted by Crippen LogP contribution is 2.44. The van der Waals surface area contributed by atoms with Gasteiger partial charge in [0.2, 0.25) is 0 Å². The Morgan fingerprint density at radius 2 is 1.97 bits per heavy atom. The van der Waals surface area contributed by atoms with Crippen molar-refractivity contribution in [1.82, 2.24) is 15.6 Å². The molecule has 2 heterocycles. The molecular formula is C27H33N3O. The van der Waals surface area contributed by atoms with Gasteiger partial charge in [0.25, 0.3) is 5.91 Å². The van der Waals surface area contributed by atoms with Crippen molar-refractivity contribution in [2.45, 2.75) is 63.8 Å². The summed E-state index contributed by atoms with van der Waals surface area (Å²) in [5.74, 6) is 0.600. The molecule has 4 heteroatoms. The highest BCUT2D eigenvalue weighted by atomic mass is 16.1. The van der Waals surface area contributed by atoms with Gasteiger partial charge in [-0.3, -0.25) is 4.79 Å². The molecule has 0 saturated carbocycles. The standard InChI is InChI=1S/C27H33N3O/c1-27(2,3)18-14-20-19-10-7-12-28-23(19)16-21-22(30-24(15-18)25(20)21)11-13-29-26(31)17-8-5-4-6-9-17/h4-6,8-9,14-15,19,23,28,30H,7,10-13,16H2,1-3H3,(H,29,31)/t19?,23-/m1/s1. The SMILES string of the molecule is CC(C)(C)c1cc2c3c(c(CCNC(=O)c4ccccc4)[nH]c3c1)C[C@H]1NCCCC21. The Labute approximate surface area is 184 Å². The van der Waals surface area contributed by atoms with E-state index in [4.69, 9.17) is 0 Å². The summed E-state index contributed by atoms with van der Waals surface area (Å²) in [6, 6.07) is 14.8. The van der Waals surface area contributed by atoms with Crippen LogP contribution in [0.1, 0.15) is 72.3 Å². The van der Waals surface area contributed by atoms with E-state index in [1.54, 1.807) is 0 Å². The second-order valence-electron chi connectivity index (χ2n) is 10.2. The molecule has 3 N–H and O–H groups in total. The van der Waals surface area contributed by atoms with Gasteiger partial charge in [-0.25, -0.2) is 0 Å². The number of hydrogen-bond donors (Lipinski definition) is 3. The summed E-state index contributed by atoms with van der Waals surface area (Å²) in [4.78, 5) is 16.2. The summed E-state index contributed by atoms with van der Waals surface area (Å²) in [6.45, 7) is 8.64. The van der Waals surface area contributed by atoms with E-state index in [-0.39, 0.29) is 11.3 Å². The minimum atomic E-state index is -0.00456. The third-order valence-corrected chi connectivity index (χ3v) is 7.09. The molecule has 0 radical (unpaired) electrons. The summed E-state index contributed by atoms with van der Waals surface area (Å²) < 4.78 is 0. The van der Waals surface area contributed by atoms with Gasteiger partial charge in [0, 0.05) is 47.1 Å². The first kappa shape index (κ1) is 20.3. The van der Waals surface area contributed by atoms with E-state index in [1.165, 1.54) is 46.1 Å². The van der Waals surface area contributed by atoms with Crippen LogP contribution in [0.5, 0.6) is 0 Å². The van der Waals surface area contributed by atoms with Gasteiger partial charge >= 0.3 is 0 Å². The first-order valence-corrected chi connectivity index (χ1v) is 11.7. The quantitative estimate of drug-likeness (QED) is 0.572. The fourth-order valence-corrected chi connectivity index (χ4v) is 5.40. The van der Waals surface area contributed by atoms with Gasteiger partial charge in [0.05, 0.1) is 0 Å². The normalized spacial score (nSPS) is 20.5. The van der Waals surface area contributed by atoms with Crippen molar-refractivity contribution in [3.05, 3.63) is 70.4 Å². The Morgan fingerprint density at radius 1 is 1.16 bits per heavy atom. The molecule has 1 saturated heterocycles. The number of carbonyl (C=O) groups is 1. The fourth-order valence-electron chi connectivity index (χ4n) is 5.40. The molecule has 0 spiro atoms. The number of amides is 1. The molecule has 1 amide bonds. The van der Waals surface area contributed by atoms with Gasteiger partial charge in [0.1, 0.15) is 0 Å². The molecule has 162 valence electrons. The minimum absolute atomic E-state index is 0.00456. The number of benzene rings is 2. The number of rotatable bonds is 4. The summed E-state index contributed by atoms with van der Waals surface area (Å²) in [7, 11) is 0. The van der Waals surface area contributed by atoms with Crippen molar-refractivity contribution in [1.29, 1.82) is 0 Å².